The Labute approximate surface area is 210 Å². The number of carbonyl (C=O) groups excluding carboxylic acids is 2. The second-order valence-corrected chi connectivity index (χ2v) is 9.57. The molecule has 0 spiro atoms. The fraction of sp³-hybridized carbons (Fsp3) is 0.259. The van der Waals surface area contributed by atoms with Gasteiger partial charge in [-0.05, 0) is 56.1 Å². The standard InChI is InChI=1S/C27H29N3O4S/c1-29(2)17-18-30-22-11-7-8-12-23(22)35-25(19-13-15-21(33-3)16-14-19)24(26(30)31)34-27(32)28-20-9-5-4-6-10-20/h4-16,24-25H,17-18H2,1-3H3,(H,28,32)/t24-,25+/m0/s1. The number of methoxy groups -OCH3 is 1. The highest BCUT2D eigenvalue weighted by atomic mass is 32.2. The summed E-state index contributed by atoms with van der Waals surface area (Å²) < 4.78 is 11.2. The molecule has 0 saturated heterocycles. The van der Waals surface area contributed by atoms with Crippen molar-refractivity contribution in [3.63, 3.8) is 0 Å². The third-order valence-electron chi connectivity index (χ3n) is 5.66. The molecule has 0 radical (unpaired) electrons. The predicted molar refractivity (Wildman–Crippen MR) is 139 cm³/mol. The number of benzene rings is 3. The monoisotopic (exact) mass is 491 g/mol. The maximum absolute atomic E-state index is 14.0. The predicted octanol–water partition coefficient (Wildman–Crippen LogP) is 5.05. The van der Waals surface area contributed by atoms with Crippen LogP contribution in [0.1, 0.15) is 10.8 Å². The number of hydrogen-bond donors (Lipinski definition) is 1. The highest BCUT2D eigenvalue weighted by Crippen LogP contribution is 2.46. The van der Waals surface area contributed by atoms with E-state index in [4.69, 9.17) is 9.47 Å². The van der Waals surface area contributed by atoms with Crippen molar-refractivity contribution in [2.24, 2.45) is 0 Å². The van der Waals surface area contributed by atoms with Crippen LogP contribution in [0.2, 0.25) is 0 Å². The first kappa shape index (κ1) is 24.6. The summed E-state index contributed by atoms with van der Waals surface area (Å²) >= 11 is 1.52. The maximum atomic E-state index is 14.0. The van der Waals surface area contributed by atoms with Crippen molar-refractivity contribution in [3.05, 3.63) is 84.4 Å². The van der Waals surface area contributed by atoms with Crippen molar-refractivity contribution in [1.82, 2.24) is 4.90 Å². The first-order valence-electron chi connectivity index (χ1n) is 11.3. The van der Waals surface area contributed by atoms with Crippen molar-refractivity contribution in [2.75, 3.05) is 44.5 Å². The van der Waals surface area contributed by atoms with Gasteiger partial charge in [0.15, 0.2) is 6.10 Å². The van der Waals surface area contributed by atoms with Crippen LogP contribution >= 0.6 is 11.8 Å². The number of para-hydroxylation sites is 2. The molecule has 0 fully saturated rings. The summed E-state index contributed by atoms with van der Waals surface area (Å²) in [5, 5.41) is 2.29. The average Bonchev–Trinajstić information content (AvgIpc) is 2.98. The molecule has 0 bridgehead atoms. The van der Waals surface area contributed by atoms with Crippen molar-refractivity contribution in [1.29, 1.82) is 0 Å². The van der Waals surface area contributed by atoms with Crippen LogP contribution in [0.15, 0.2) is 83.8 Å². The molecule has 8 heteroatoms. The summed E-state index contributed by atoms with van der Waals surface area (Å²) in [6, 6.07) is 24.4. The summed E-state index contributed by atoms with van der Waals surface area (Å²) in [6.07, 6.45) is -1.71. The van der Waals surface area contributed by atoms with Crippen molar-refractivity contribution in [2.45, 2.75) is 16.2 Å². The Morgan fingerprint density at radius 2 is 1.69 bits per heavy atom. The Kier molecular flexibility index (Phi) is 7.94. The van der Waals surface area contributed by atoms with Gasteiger partial charge in [0.1, 0.15) is 5.75 Å². The SMILES string of the molecule is COc1ccc([C@H]2Sc3ccccc3N(CCN(C)C)C(=O)[C@H]2OC(=O)Nc2ccccc2)cc1. The summed E-state index contributed by atoms with van der Waals surface area (Å²) in [5.41, 5.74) is 2.28. The molecule has 1 aliphatic rings. The van der Waals surface area contributed by atoms with E-state index < -0.39 is 17.4 Å². The van der Waals surface area contributed by atoms with E-state index in [9.17, 15) is 9.59 Å². The minimum Gasteiger partial charge on any atom is -0.497 e. The molecule has 1 aliphatic heterocycles. The van der Waals surface area contributed by atoms with E-state index >= 15 is 0 Å². The van der Waals surface area contributed by atoms with Gasteiger partial charge in [0.25, 0.3) is 5.91 Å². The van der Waals surface area contributed by atoms with E-state index in [1.807, 2.05) is 85.7 Å². The average molecular weight is 492 g/mol. The molecule has 3 aromatic rings. The molecule has 2 amide bonds. The molecule has 4 rings (SSSR count). The number of fused-ring (bicyclic) bond motifs is 1. The Balaban J connectivity index is 1.71. The molecule has 1 heterocycles. The minimum absolute atomic E-state index is 0.256. The smallest absolute Gasteiger partial charge is 0.412 e. The fourth-order valence-electron chi connectivity index (χ4n) is 3.84. The van der Waals surface area contributed by atoms with E-state index in [-0.39, 0.29) is 5.91 Å². The molecule has 3 aromatic carbocycles. The summed E-state index contributed by atoms with van der Waals surface area (Å²) in [6.45, 7) is 1.14. The van der Waals surface area contributed by atoms with Crippen LogP contribution < -0.4 is 15.0 Å². The largest absolute Gasteiger partial charge is 0.497 e. The zero-order valence-corrected chi connectivity index (χ0v) is 20.8. The number of nitrogens with zero attached hydrogens (tertiary/aromatic N) is 2. The lowest BCUT2D eigenvalue weighted by atomic mass is 10.1. The van der Waals surface area contributed by atoms with Crippen LogP contribution in [0, 0.1) is 0 Å². The molecule has 35 heavy (non-hydrogen) atoms. The van der Waals surface area contributed by atoms with Gasteiger partial charge in [-0.3, -0.25) is 10.1 Å². The Hall–Kier alpha value is -3.49. The second-order valence-electron chi connectivity index (χ2n) is 8.39. The molecular formula is C27H29N3O4S. The van der Waals surface area contributed by atoms with Gasteiger partial charge in [0, 0.05) is 23.7 Å². The summed E-state index contributed by atoms with van der Waals surface area (Å²) in [7, 11) is 5.53. The topological polar surface area (TPSA) is 71.1 Å². The fourth-order valence-corrected chi connectivity index (χ4v) is 5.16. The van der Waals surface area contributed by atoms with Gasteiger partial charge in [-0.15, -0.1) is 11.8 Å². The quantitative estimate of drug-likeness (QED) is 0.499. The number of hydrogen-bond acceptors (Lipinski definition) is 6. The lowest BCUT2D eigenvalue weighted by molar-refractivity contribution is -0.126. The number of ether oxygens (including phenoxy) is 2. The molecule has 2 atom stereocenters. The molecule has 7 nitrogen and oxygen atoms in total. The van der Waals surface area contributed by atoms with Crippen molar-refractivity contribution in [3.8, 4) is 5.75 Å². The van der Waals surface area contributed by atoms with E-state index in [0.29, 0.717) is 24.5 Å². The number of amides is 2. The normalized spacial score (nSPS) is 17.5. The number of carbonyl (C=O) groups is 2. The molecular weight excluding hydrogens is 462 g/mol. The van der Waals surface area contributed by atoms with Crippen molar-refractivity contribution < 1.29 is 19.1 Å². The van der Waals surface area contributed by atoms with Gasteiger partial charge in [-0.25, -0.2) is 4.79 Å². The van der Waals surface area contributed by atoms with E-state index in [1.165, 1.54) is 11.8 Å². The summed E-state index contributed by atoms with van der Waals surface area (Å²) in [5.74, 6) is 0.458. The van der Waals surface area contributed by atoms with Crippen LogP contribution in [-0.2, 0) is 9.53 Å². The van der Waals surface area contributed by atoms with E-state index in [2.05, 4.69) is 5.32 Å². The Morgan fingerprint density at radius 3 is 2.37 bits per heavy atom. The van der Waals surface area contributed by atoms with Crippen LogP contribution in [0.3, 0.4) is 0 Å². The zero-order chi connectivity index (χ0) is 24.8. The highest BCUT2D eigenvalue weighted by molar-refractivity contribution is 7.99. The minimum atomic E-state index is -1.04. The third kappa shape index (κ3) is 5.96. The Morgan fingerprint density at radius 1 is 1.00 bits per heavy atom. The van der Waals surface area contributed by atoms with Crippen LogP contribution in [0.5, 0.6) is 5.75 Å². The molecule has 182 valence electrons. The van der Waals surface area contributed by atoms with E-state index in [0.717, 1.165) is 16.1 Å². The Bertz CT molecular complexity index is 1150. The molecule has 0 aliphatic carbocycles. The number of likely N-dealkylation sites (N-methyl/N-ethyl adjacent to an activating group) is 1. The lowest BCUT2D eigenvalue weighted by Crippen LogP contribution is -2.45. The lowest BCUT2D eigenvalue weighted by Gasteiger charge is -2.28. The first-order chi connectivity index (χ1) is 17.0. The number of nitrogens with one attached hydrogen (secondary N) is 1. The van der Waals surface area contributed by atoms with Crippen LogP contribution in [-0.4, -0.2) is 57.3 Å². The van der Waals surface area contributed by atoms with Gasteiger partial charge in [0.05, 0.1) is 18.0 Å². The molecule has 1 N–H and O–H groups in total. The van der Waals surface area contributed by atoms with E-state index in [1.54, 1.807) is 24.1 Å². The zero-order valence-electron chi connectivity index (χ0n) is 20.0. The van der Waals surface area contributed by atoms with Gasteiger partial charge >= 0.3 is 6.09 Å². The molecule has 0 unspecified atom stereocenters. The van der Waals surface area contributed by atoms with Gasteiger partial charge in [0.2, 0.25) is 0 Å². The maximum Gasteiger partial charge on any atom is 0.412 e. The van der Waals surface area contributed by atoms with Crippen molar-refractivity contribution >= 4 is 35.1 Å². The second kappa shape index (κ2) is 11.3. The summed E-state index contributed by atoms with van der Waals surface area (Å²) in [4.78, 5) is 31.6. The molecule has 0 saturated carbocycles. The van der Waals surface area contributed by atoms with Crippen LogP contribution in [0.25, 0.3) is 0 Å². The first-order valence-corrected chi connectivity index (χ1v) is 12.2. The van der Waals surface area contributed by atoms with Gasteiger partial charge in [-0.2, -0.15) is 0 Å². The van der Waals surface area contributed by atoms with Crippen LogP contribution in [0.4, 0.5) is 16.2 Å². The van der Waals surface area contributed by atoms with Gasteiger partial charge in [-0.1, -0.05) is 42.5 Å². The number of anilines is 2. The number of thioether (sulfide) groups is 1. The van der Waals surface area contributed by atoms with Gasteiger partial charge < -0.3 is 19.3 Å². The number of rotatable bonds is 7. The highest BCUT2D eigenvalue weighted by Gasteiger charge is 2.41. The third-order valence-corrected chi connectivity index (χ3v) is 7.04. The molecule has 0 aromatic heterocycles.